The van der Waals surface area contributed by atoms with Crippen molar-refractivity contribution in [3.05, 3.63) is 53.7 Å². The Morgan fingerprint density at radius 2 is 1.83 bits per heavy atom. The van der Waals surface area contributed by atoms with Crippen LogP contribution in [0.4, 0.5) is 5.95 Å². The normalized spacial score (nSPS) is 15.8. The van der Waals surface area contributed by atoms with Crippen LogP contribution in [0, 0.1) is 6.92 Å². The van der Waals surface area contributed by atoms with Gasteiger partial charge in [-0.15, -0.1) is 0 Å². The lowest BCUT2D eigenvalue weighted by molar-refractivity contribution is 0.282. The molecule has 0 atom stereocenters. The number of nitrogens with zero attached hydrogens (tertiary/aromatic N) is 4. The molecule has 0 N–H and O–H groups in total. The first-order valence-corrected chi connectivity index (χ1v) is 8.33. The molecule has 24 heavy (non-hydrogen) atoms. The van der Waals surface area contributed by atoms with Gasteiger partial charge in [0, 0.05) is 44.5 Å². The van der Waals surface area contributed by atoms with E-state index in [2.05, 4.69) is 56.2 Å². The van der Waals surface area contributed by atoms with Crippen LogP contribution in [0.5, 0.6) is 5.88 Å². The minimum Gasteiger partial charge on any atom is -0.481 e. The Morgan fingerprint density at radius 1 is 1.08 bits per heavy atom. The predicted molar refractivity (Wildman–Crippen MR) is 97.5 cm³/mol. The lowest BCUT2D eigenvalue weighted by Gasteiger charge is -2.34. The summed E-state index contributed by atoms with van der Waals surface area (Å²) in [4.78, 5) is 13.7. The molecule has 0 radical (unpaired) electrons. The van der Waals surface area contributed by atoms with E-state index in [1.54, 1.807) is 7.11 Å². The third-order valence-electron chi connectivity index (χ3n) is 4.16. The van der Waals surface area contributed by atoms with E-state index in [-0.39, 0.29) is 0 Å². The number of hydrogen-bond donors (Lipinski definition) is 0. The highest BCUT2D eigenvalue weighted by atomic mass is 16.5. The van der Waals surface area contributed by atoms with Crippen molar-refractivity contribution < 1.29 is 4.74 Å². The number of ether oxygens (including phenoxy) is 1. The van der Waals surface area contributed by atoms with Crippen LogP contribution in [-0.2, 0) is 0 Å². The third-order valence-corrected chi connectivity index (χ3v) is 4.16. The van der Waals surface area contributed by atoms with Crippen molar-refractivity contribution in [1.29, 1.82) is 0 Å². The van der Waals surface area contributed by atoms with Crippen molar-refractivity contribution in [3.63, 3.8) is 0 Å². The zero-order valence-electron chi connectivity index (χ0n) is 14.4. The molecule has 0 unspecified atom stereocenters. The number of hydrogen-bond acceptors (Lipinski definition) is 5. The maximum absolute atomic E-state index is 5.25. The third kappa shape index (κ3) is 4.32. The van der Waals surface area contributed by atoms with Crippen molar-refractivity contribution in [2.24, 2.45) is 0 Å². The highest BCUT2D eigenvalue weighted by molar-refractivity contribution is 5.48. The minimum absolute atomic E-state index is 0.630. The second kappa shape index (κ2) is 7.93. The van der Waals surface area contributed by atoms with Crippen LogP contribution in [0.3, 0.4) is 0 Å². The molecule has 0 saturated carbocycles. The van der Waals surface area contributed by atoms with Gasteiger partial charge in [0.15, 0.2) is 0 Å². The van der Waals surface area contributed by atoms with Gasteiger partial charge in [0.05, 0.1) is 7.11 Å². The van der Waals surface area contributed by atoms with Crippen molar-refractivity contribution >= 4 is 12.0 Å². The Balaban J connectivity index is 1.52. The van der Waals surface area contributed by atoms with E-state index < -0.39 is 0 Å². The van der Waals surface area contributed by atoms with Gasteiger partial charge in [-0.3, -0.25) is 4.90 Å². The van der Waals surface area contributed by atoms with Crippen molar-refractivity contribution in [2.45, 2.75) is 6.92 Å². The van der Waals surface area contributed by atoms with Gasteiger partial charge in [-0.1, -0.05) is 42.5 Å². The van der Waals surface area contributed by atoms with Crippen molar-refractivity contribution in [3.8, 4) is 5.88 Å². The molecule has 5 heteroatoms. The molecule has 5 nitrogen and oxygen atoms in total. The van der Waals surface area contributed by atoms with Crippen molar-refractivity contribution in [2.75, 3.05) is 44.7 Å². The Morgan fingerprint density at radius 3 is 2.54 bits per heavy atom. The fourth-order valence-corrected chi connectivity index (χ4v) is 2.80. The average Bonchev–Trinajstić information content (AvgIpc) is 2.62. The standard InChI is InChI=1S/C19H24N4O/c1-16-15-18(24-2)21-19(20-16)23-13-11-22(12-14-23)10-6-9-17-7-4-3-5-8-17/h3-9,15H,10-14H2,1-2H3. The zero-order chi connectivity index (χ0) is 16.8. The summed E-state index contributed by atoms with van der Waals surface area (Å²) >= 11 is 0. The van der Waals surface area contributed by atoms with Gasteiger partial charge in [0.25, 0.3) is 0 Å². The van der Waals surface area contributed by atoms with Gasteiger partial charge in [-0.2, -0.15) is 4.98 Å². The highest BCUT2D eigenvalue weighted by Gasteiger charge is 2.19. The summed E-state index contributed by atoms with van der Waals surface area (Å²) in [5, 5.41) is 0. The number of rotatable bonds is 5. The number of aryl methyl sites for hydroxylation is 1. The van der Waals surface area contributed by atoms with E-state index in [4.69, 9.17) is 4.74 Å². The highest BCUT2D eigenvalue weighted by Crippen LogP contribution is 2.16. The van der Waals surface area contributed by atoms with Crippen LogP contribution in [-0.4, -0.2) is 54.7 Å². The first-order chi connectivity index (χ1) is 11.7. The number of anilines is 1. The van der Waals surface area contributed by atoms with Gasteiger partial charge in [0.1, 0.15) is 0 Å². The van der Waals surface area contributed by atoms with Crippen LogP contribution < -0.4 is 9.64 Å². The molecule has 2 heterocycles. The van der Waals surface area contributed by atoms with Crippen LogP contribution in [0.1, 0.15) is 11.3 Å². The van der Waals surface area contributed by atoms with Gasteiger partial charge < -0.3 is 9.64 Å². The van der Waals surface area contributed by atoms with E-state index in [0.717, 1.165) is 44.4 Å². The molecule has 1 aromatic carbocycles. The SMILES string of the molecule is COc1cc(C)nc(N2CCN(CC=Cc3ccccc3)CC2)n1. The Bertz CT molecular complexity index is 679. The summed E-state index contributed by atoms with van der Waals surface area (Å²) in [7, 11) is 1.64. The van der Waals surface area contributed by atoms with E-state index in [1.807, 2.05) is 19.1 Å². The largest absolute Gasteiger partial charge is 0.481 e. The molecule has 1 fully saturated rings. The first kappa shape index (κ1) is 16.5. The summed E-state index contributed by atoms with van der Waals surface area (Å²) in [5.74, 6) is 1.40. The van der Waals surface area contributed by atoms with Crippen molar-refractivity contribution in [1.82, 2.24) is 14.9 Å². The molecular weight excluding hydrogens is 300 g/mol. The quantitative estimate of drug-likeness (QED) is 0.846. The summed E-state index contributed by atoms with van der Waals surface area (Å²) in [5.41, 5.74) is 2.18. The Hall–Kier alpha value is -2.40. The fourth-order valence-electron chi connectivity index (χ4n) is 2.80. The Kier molecular flexibility index (Phi) is 5.43. The Labute approximate surface area is 143 Å². The molecule has 2 aromatic rings. The van der Waals surface area contributed by atoms with Crippen LogP contribution in [0.15, 0.2) is 42.5 Å². The van der Waals surface area contributed by atoms with Gasteiger partial charge >= 0.3 is 0 Å². The predicted octanol–water partition coefficient (Wildman–Crippen LogP) is 2.63. The summed E-state index contributed by atoms with van der Waals surface area (Å²) in [6.07, 6.45) is 4.41. The van der Waals surface area contributed by atoms with E-state index >= 15 is 0 Å². The molecule has 126 valence electrons. The van der Waals surface area contributed by atoms with E-state index in [1.165, 1.54) is 5.56 Å². The summed E-state index contributed by atoms with van der Waals surface area (Å²) in [6.45, 7) is 6.84. The molecule has 1 aliphatic rings. The molecule has 0 amide bonds. The van der Waals surface area contributed by atoms with Crippen LogP contribution >= 0.6 is 0 Å². The molecule has 1 aliphatic heterocycles. The maximum Gasteiger partial charge on any atom is 0.228 e. The number of benzene rings is 1. The topological polar surface area (TPSA) is 41.5 Å². The monoisotopic (exact) mass is 324 g/mol. The van der Waals surface area contributed by atoms with Crippen LogP contribution in [0.2, 0.25) is 0 Å². The van der Waals surface area contributed by atoms with Gasteiger partial charge in [-0.25, -0.2) is 4.98 Å². The second-order valence-electron chi connectivity index (χ2n) is 5.95. The summed E-state index contributed by atoms with van der Waals surface area (Å²) < 4.78 is 5.25. The van der Waals surface area contributed by atoms with Crippen LogP contribution in [0.25, 0.3) is 6.08 Å². The minimum atomic E-state index is 0.630. The molecule has 0 aliphatic carbocycles. The molecular formula is C19H24N4O. The fraction of sp³-hybridized carbons (Fsp3) is 0.368. The number of methoxy groups -OCH3 is 1. The average molecular weight is 324 g/mol. The first-order valence-electron chi connectivity index (χ1n) is 8.33. The second-order valence-corrected chi connectivity index (χ2v) is 5.95. The van der Waals surface area contributed by atoms with E-state index in [0.29, 0.717) is 5.88 Å². The smallest absolute Gasteiger partial charge is 0.228 e. The molecule has 1 saturated heterocycles. The zero-order valence-corrected chi connectivity index (χ0v) is 14.4. The van der Waals surface area contributed by atoms with E-state index in [9.17, 15) is 0 Å². The van der Waals surface area contributed by atoms with Gasteiger partial charge in [-0.05, 0) is 12.5 Å². The molecule has 0 spiro atoms. The molecule has 1 aromatic heterocycles. The molecule has 0 bridgehead atoms. The number of aromatic nitrogens is 2. The lowest BCUT2D eigenvalue weighted by atomic mass is 10.2. The maximum atomic E-state index is 5.25. The van der Waals surface area contributed by atoms with Gasteiger partial charge in [0.2, 0.25) is 11.8 Å². The molecule has 3 rings (SSSR count). The number of piperazine rings is 1. The lowest BCUT2D eigenvalue weighted by Crippen LogP contribution is -2.47. The summed E-state index contributed by atoms with van der Waals surface area (Å²) in [6, 6.07) is 12.3.